The zero-order valence-electron chi connectivity index (χ0n) is 14.4. The summed E-state index contributed by atoms with van der Waals surface area (Å²) in [5, 5.41) is 0. The van der Waals surface area contributed by atoms with Gasteiger partial charge < -0.3 is 9.47 Å². The lowest BCUT2D eigenvalue weighted by molar-refractivity contribution is 0.229. The van der Waals surface area contributed by atoms with Crippen molar-refractivity contribution >= 4 is 0 Å². The molecule has 2 nitrogen and oxygen atoms in total. The maximum atomic E-state index is 5.73. The summed E-state index contributed by atoms with van der Waals surface area (Å²) in [6.07, 6.45) is 1.50. The summed E-state index contributed by atoms with van der Waals surface area (Å²) < 4.78 is 10.9. The van der Waals surface area contributed by atoms with Gasteiger partial charge in [0.05, 0.1) is 6.61 Å². The van der Waals surface area contributed by atoms with Crippen molar-refractivity contribution < 1.29 is 9.47 Å². The van der Waals surface area contributed by atoms with Crippen LogP contribution < -0.4 is 4.74 Å². The fourth-order valence-electron chi connectivity index (χ4n) is 2.69. The van der Waals surface area contributed by atoms with Crippen LogP contribution in [0.4, 0.5) is 0 Å². The second-order valence-electron chi connectivity index (χ2n) is 8.52. The van der Waals surface area contributed by atoms with E-state index in [-0.39, 0.29) is 5.41 Å². The van der Waals surface area contributed by atoms with Gasteiger partial charge in [0.2, 0.25) is 0 Å². The summed E-state index contributed by atoms with van der Waals surface area (Å²) in [4.78, 5) is 0. The molecule has 0 radical (unpaired) electrons. The molecule has 1 aliphatic rings. The molecule has 0 aromatic heterocycles. The van der Waals surface area contributed by atoms with Gasteiger partial charge in [-0.3, -0.25) is 0 Å². The van der Waals surface area contributed by atoms with E-state index in [9.17, 15) is 0 Å². The van der Waals surface area contributed by atoms with Gasteiger partial charge in [0, 0.05) is 0 Å². The minimum absolute atomic E-state index is 0.261. The molecule has 1 aromatic carbocycles. The molecule has 21 heavy (non-hydrogen) atoms. The quantitative estimate of drug-likeness (QED) is 0.709. The number of rotatable bonds is 5. The topological polar surface area (TPSA) is 21.8 Å². The first-order chi connectivity index (χ1) is 9.65. The van der Waals surface area contributed by atoms with Crippen LogP contribution in [0.3, 0.4) is 0 Å². The fourth-order valence-corrected chi connectivity index (χ4v) is 2.69. The molecule has 2 atom stereocenters. The van der Waals surface area contributed by atoms with Crippen LogP contribution in [0.25, 0.3) is 0 Å². The lowest BCUT2D eigenvalue weighted by Gasteiger charge is -2.36. The maximum Gasteiger partial charge on any atom is 0.119 e. The van der Waals surface area contributed by atoms with Gasteiger partial charge in [-0.1, -0.05) is 53.7 Å². The highest BCUT2D eigenvalue weighted by Crippen LogP contribution is 2.43. The van der Waals surface area contributed by atoms with Gasteiger partial charge in [-0.2, -0.15) is 0 Å². The lowest BCUT2D eigenvalue weighted by Crippen LogP contribution is -2.23. The van der Waals surface area contributed by atoms with Crippen molar-refractivity contribution in [3.05, 3.63) is 29.8 Å². The highest BCUT2D eigenvalue weighted by atomic mass is 16.6. The Morgan fingerprint density at radius 3 is 2.10 bits per heavy atom. The van der Waals surface area contributed by atoms with Gasteiger partial charge >= 0.3 is 0 Å². The summed E-state index contributed by atoms with van der Waals surface area (Å²) in [6, 6.07) is 8.65. The standard InChI is InChI=1S/C19H30O2/c1-18(2,3)11-17(19(4,5)6)14-7-9-15(10-8-14)20-12-16-13-21-16/h7-10,16-17H,11-13H2,1-6H3. The van der Waals surface area contributed by atoms with Crippen LogP contribution in [0, 0.1) is 10.8 Å². The van der Waals surface area contributed by atoms with E-state index < -0.39 is 0 Å². The molecule has 0 bridgehead atoms. The first kappa shape index (κ1) is 16.4. The fraction of sp³-hybridized carbons (Fsp3) is 0.684. The predicted molar refractivity (Wildman–Crippen MR) is 87.9 cm³/mol. The molecular formula is C19H30O2. The number of benzene rings is 1. The van der Waals surface area contributed by atoms with E-state index in [1.54, 1.807) is 0 Å². The third-order valence-corrected chi connectivity index (χ3v) is 3.98. The van der Waals surface area contributed by atoms with E-state index in [0.717, 1.165) is 12.4 Å². The zero-order valence-corrected chi connectivity index (χ0v) is 14.4. The van der Waals surface area contributed by atoms with Crippen molar-refractivity contribution in [1.82, 2.24) is 0 Å². The van der Waals surface area contributed by atoms with Crippen molar-refractivity contribution in [1.29, 1.82) is 0 Å². The molecule has 1 fully saturated rings. The molecule has 0 spiro atoms. The van der Waals surface area contributed by atoms with Crippen molar-refractivity contribution in [2.75, 3.05) is 13.2 Å². The van der Waals surface area contributed by atoms with E-state index in [1.165, 1.54) is 12.0 Å². The van der Waals surface area contributed by atoms with Crippen LogP contribution in [-0.4, -0.2) is 19.3 Å². The zero-order chi connectivity index (χ0) is 15.7. The molecule has 0 N–H and O–H groups in total. The molecule has 2 heteroatoms. The average Bonchev–Trinajstić information content (AvgIpc) is 3.16. The molecule has 1 saturated heterocycles. The van der Waals surface area contributed by atoms with Gasteiger partial charge in [0.15, 0.2) is 0 Å². The van der Waals surface area contributed by atoms with Crippen LogP contribution in [0.2, 0.25) is 0 Å². The maximum absolute atomic E-state index is 5.73. The first-order valence-corrected chi connectivity index (χ1v) is 7.99. The van der Waals surface area contributed by atoms with Gasteiger partial charge in [0.25, 0.3) is 0 Å². The Labute approximate surface area is 129 Å². The van der Waals surface area contributed by atoms with E-state index in [4.69, 9.17) is 9.47 Å². The normalized spacial score (nSPS) is 20.2. The van der Waals surface area contributed by atoms with Crippen LogP contribution in [0.15, 0.2) is 24.3 Å². The van der Waals surface area contributed by atoms with Crippen molar-refractivity contribution in [3.8, 4) is 5.75 Å². The number of hydrogen-bond acceptors (Lipinski definition) is 2. The highest BCUT2D eigenvalue weighted by Gasteiger charge is 2.30. The molecule has 118 valence electrons. The van der Waals surface area contributed by atoms with Gasteiger partial charge in [-0.05, 0) is 40.9 Å². The first-order valence-electron chi connectivity index (χ1n) is 7.99. The highest BCUT2D eigenvalue weighted by molar-refractivity contribution is 5.30. The smallest absolute Gasteiger partial charge is 0.119 e. The molecule has 0 amide bonds. The van der Waals surface area contributed by atoms with E-state index >= 15 is 0 Å². The molecule has 1 aromatic rings. The molecule has 2 unspecified atom stereocenters. The van der Waals surface area contributed by atoms with Crippen molar-refractivity contribution in [3.63, 3.8) is 0 Å². The Hall–Kier alpha value is -1.02. The minimum atomic E-state index is 0.261. The van der Waals surface area contributed by atoms with E-state index in [2.05, 4.69) is 65.8 Å². The van der Waals surface area contributed by atoms with Gasteiger partial charge in [0.1, 0.15) is 18.5 Å². The number of hydrogen-bond donors (Lipinski definition) is 0. The third-order valence-electron chi connectivity index (χ3n) is 3.98. The largest absolute Gasteiger partial charge is 0.491 e. The summed E-state index contributed by atoms with van der Waals surface area (Å²) in [7, 11) is 0. The monoisotopic (exact) mass is 290 g/mol. The Balaban J connectivity index is 2.08. The van der Waals surface area contributed by atoms with Gasteiger partial charge in [-0.25, -0.2) is 0 Å². The average molecular weight is 290 g/mol. The molecule has 1 heterocycles. The van der Waals surface area contributed by atoms with Crippen LogP contribution in [0.5, 0.6) is 5.75 Å². The SMILES string of the molecule is CC(C)(C)CC(c1ccc(OCC2CO2)cc1)C(C)(C)C. The molecule has 0 aliphatic carbocycles. The summed E-state index contributed by atoms with van der Waals surface area (Å²) in [5.41, 5.74) is 2.00. The van der Waals surface area contributed by atoms with Crippen LogP contribution in [0.1, 0.15) is 59.4 Å². The van der Waals surface area contributed by atoms with Crippen LogP contribution in [-0.2, 0) is 4.74 Å². The minimum Gasteiger partial charge on any atom is -0.491 e. The van der Waals surface area contributed by atoms with Gasteiger partial charge in [-0.15, -0.1) is 0 Å². The number of epoxide rings is 1. The molecule has 0 saturated carbocycles. The second kappa shape index (κ2) is 6.00. The van der Waals surface area contributed by atoms with Crippen molar-refractivity contribution in [2.24, 2.45) is 10.8 Å². The Morgan fingerprint density at radius 2 is 1.67 bits per heavy atom. The summed E-state index contributed by atoms with van der Waals surface area (Å²) >= 11 is 0. The summed E-state index contributed by atoms with van der Waals surface area (Å²) in [5.74, 6) is 1.50. The second-order valence-corrected chi connectivity index (χ2v) is 8.52. The Morgan fingerprint density at radius 1 is 1.10 bits per heavy atom. The Bertz CT molecular complexity index is 444. The van der Waals surface area contributed by atoms with E-state index in [1.807, 2.05) is 0 Å². The number of ether oxygens (including phenoxy) is 2. The van der Waals surface area contributed by atoms with Crippen LogP contribution >= 0.6 is 0 Å². The predicted octanol–water partition coefficient (Wildman–Crippen LogP) is 5.03. The van der Waals surface area contributed by atoms with E-state index in [0.29, 0.717) is 24.0 Å². The lowest BCUT2D eigenvalue weighted by atomic mass is 9.69. The molecule has 1 aliphatic heterocycles. The third kappa shape index (κ3) is 5.35. The summed E-state index contributed by atoms with van der Waals surface area (Å²) in [6.45, 7) is 15.5. The molecular weight excluding hydrogens is 260 g/mol. The van der Waals surface area contributed by atoms with Crippen molar-refractivity contribution in [2.45, 2.75) is 60.0 Å². The Kier molecular flexibility index (Phi) is 4.67. The molecule has 2 rings (SSSR count).